The van der Waals surface area contributed by atoms with Crippen molar-refractivity contribution in [1.82, 2.24) is 5.32 Å². The third kappa shape index (κ3) is 2.19. The lowest BCUT2D eigenvalue weighted by molar-refractivity contribution is -0.123. The SMILES string of the molecule is CCC(=O)NCC1(O)CCC1. The van der Waals surface area contributed by atoms with Crippen molar-refractivity contribution in [1.29, 1.82) is 0 Å². The van der Waals surface area contributed by atoms with Gasteiger partial charge < -0.3 is 10.4 Å². The smallest absolute Gasteiger partial charge is 0.219 e. The Morgan fingerprint density at radius 3 is 2.64 bits per heavy atom. The summed E-state index contributed by atoms with van der Waals surface area (Å²) in [7, 11) is 0. The van der Waals surface area contributed by atoms with E-state index in [0.29, 0.717) is 13.0 Å². The molecule has 0 spiro atoms. The molecule has 0 bridgehead atoms. The second-order valence-corrected chi connectivity index (χ2v) is 3.21. The lowest BCUT2D eigenvalue weighted by Crippen LogP contribution is -2.47. The van der Waals surface area contributed by atoms with Crippen LogP contribution >= 0.6 is 0 Å². The Balaban J connectivity index is 2.16. The summed E-state index contributed by atoms with van der Waals surface area (Å²) in [6.07, 6.45) is 3.24. The summed E-state index contributed by atoms with van der Waals surface area (Å²) in [6, 6.07) is 0. The molecule has 1 aliphatic carbocycles. The molecular weight excluding hydrogens is 142 g/mol. The summed E-state index contributed by atoms with van der Waals surface area (Å²) < 4.78 is 0. The quantitative estimate of drug-likeness (QED) is 0.624. The van der Waals surface area contributed by atoms with Crippen molar-refractivity contribution in [3.05, 3.63) is 0 Å². The molecule has 1 amide bonds. The predicted molar refractivity (Wildman–Crippen MR) is 42.1 cm³/mol. The Morgan fingerprint density at radius 1 is 1.64 bits per heavy atom. The molecule has 0 heterocycles. The zero-order valence-corrected chi connectivity index (χ0v) is 6.89. The summed E-state index contributed by atoms with van der Waals surface area (Å²) in [5.41, 5.74) is -0.579. The van der Waals surface area contributed by atoms with Gasteiger partial charge in [-0.05, 0) is 19.3 Å². The van der Waals surface area contributed by atoms with Gasteiger partial charge in [0.15, 0.2) is 0 Å². The fraction of sp³-hybridized carbons (Fsp3) is 0.875. The van der Waals surface area contributed by atoms with E-state index in [-0.39, 0.29) is 5.91 Å². The first-order valence-corrected chi connectivity index (χ1v) is 4.15. The maximum atomic E-state index is 10.8. The van der Waals surface area contributed by atoms with Gasteiger partial charge >= 0.3 is 0 Å². The number of rotatable bonds is 3. The van der Waals surface area contributed by atoms with E-state index in [1.165, 1.54) is 0 Å². The van der Waals surface area contributed by atoms with Crippen LogP contribution < -0.4 is 5.32 Å². The van der Waals surface area contributed by atoms with Gasteiger partial charge in [-0.2, -0.15) is 0 Å². The highest BCUT2D eigenvalue weighted by molar-refractivity contribution is 5.75. The van der Waals surface area contributed by atoms with Crippen LogP contribution in [-0.4, -0.2) is 23.2 Å². The molecular formula is C8H15NO2. The zero-order valence-electron chi connectivity index (χ0n) is 6.89. The van der Waals surface area contributed by atoms with Crippen molar-refractivity contribution in [3.8, 4) is 0 Å². The van der Waals surface area contributed by atoms with E-state index < -0.39 is 5.60 Å². The number of carbonyl (C=O) groups excluding carboxylic acids is 1. The Hall–Kier alpha value is -0.570. The van der Waals surface area contributed by atoms with Crippen LogP contribution in [0.3, 0.4) is 0 Å². The summed E-state index contributed by atoms with van der Waals surface area (Å²) >= 11 is 0. The van der Waals surface area contributed by atoms with Crippen molar-refractivity contribution >= 4 is 5.91 Å². The Bertz CT molecular complexity index is 152. The van der Waals surface area contributed by atoms with E-state index in [0.717, 1.165) is 19.3 Å². The molecule has 0 aliphatic heterocycles. The van der Waals surface area contributed by atoms with Crippen LogP contribution in [0.2, 0.25) is 0 Å². The molecule has 0 aromatic heterocycles. The van der Waals surface area contributed by atoms with Crippen molar-refractivity contribution in [3.63, 3.8) is 0 Å². The minimum atomic E-state index is -0.579. The number of nitrogens with one attached hydrogen (secondary N) is 1. The van der Waals surface area contributed by atoms with E-state index in [1.54, 1.807) is 6.92 Å². The number of amides is 1. The minimum absolute atomic E-state index is 0.0188. The number of hydrogen-bond acceptors (Lipinski definition) is 2. The van der Waals surface area contributed by atoms with Gasteiger partial charge in [-0.25, -0.2) is 0 Å². The fourth-order valence-electron chi connectivity index (χ4n) is 1.15. The monoisotopic (exact) mass is 157 g/mol. The number of hydrogen-bond donors (Lipinski definition) is 2. The molecule has 0 unspecified atom stereocenters. The van der Waals surface area contributed by atoms with Gasteiger partial charge in [0.05, 0.1) is 5.60 Å². The van der Waals surface area contributed by atoms with Gasteiger partial charge in [0.1, 0.15) is 0 Å². The van der Waals surface area contributed by atoms with Crippen LogP contribution in [0.25, 0.3) is 0 Å². The van der Waals surface area contributed by atoms with Crippen LogP contribution in [0.1, 0.15) is 32.6 Å². The molecule has 1 rings (SSSR count). The Labute approximate surface area is 66.8 Å². The second kappa shape index (κ2) is 3.22. The van der Waals surface area contributed by atoms with Crippen molar-refractivity contribution in [2.45, 2.75) is 38.2 Å². The zero-order chi connectivity index (χ0) is 8.32. The van der Waals surface area contributed by atoms with E-state index >= 15 is 0 Å². The topological polar surface area (TPSA) is 49.3 Å². The van der Waals surface area contributed by atoms with Crippen LogP contribution in [0, 0.1) is 0 Å². The fourth-order valence-corrected chi connectivity index (χ4v) is 1.15. The van der Waals surface area contributed by atoms with Gasteiger partial charge in [-0.1, -0.05) is 6.92 Å². The van der Waals surface area contributed by atoms with Gasteiger partial charge in [0.25, 0.3) is 0 Å². The first-order valence-electron chi connectivity index (χ1n) is 4.15. The molecule has 2 N–H and O–H groups in total. The summed E-state index contributed by atoms with van der Waals surface area (Å²) in [5.74, 6) is 0.0188. The second-order valence-electron chi connectivity index (χ2n) is 3.21. The van der Waals surface area contributed by atoms with E-state index in [9.17, 15) is 9.90 Å². The molecule has 64 valence electrons. The molecule has 0 aromatic carbocycles. The summed E-state index contributed by atoms with van der Waals surface area (Å²) in [4.78, 5) is 10.8. The normalized spacial score (nSPS) is 20.5. The van der Waals surface area contributed by atoms with E-state index in [2.05, 4.69) is 5.32 Å². The van der Waals surface area contributed by atoms with Crippen LogP contribution in [0.5, 0.6) is 0 Å². The molecule has 3 heteroatoms. The highest BCUT2D eigenvalue weighted by atomic mass is 16.3. The van der Waals surface area contributed by atoms with Crippen LogP contribution in [-0.2, 0) is 4.79 Å². The average Bonchev–Trinajstić information content (AvgIpc) is 1.96. The molecule has 11 heavy (non-hydrogen) atoms. The highest BCUT2D eigenvalue weighted by Gasteiger charge is 2.34. The van der Waals surface area contributed by atoms with Gasteiger partial charge in [0, 0.05) is 13.0 Å². The van der Waals surface area contributed by atoms with Gasteiger partial charge in [-0.15, -0.1) is 0 Å². The summed E-state index contributed by atoms with van der Waals surface area (Å²) in [6.45, 7) is 2.24. The van der Waals surface area contributed by atoms with Crippen molar-refractivity contribution < 1.29 is 9.90 Å². The molecule has 0 radical (unpaired) electrons. The van der Waals surface area contributed by atoms with E-state index in [4.69, 9.17) is 0 Å². The Morgan fingerprint density at radius 2 is 2.27 bits per heavy atom. The molecule has 0 saturated heterocycles. The van der Waals surface area contributed by atoms with Crippen molar-refractivity contribution in [2.75, 3.05) is 6.54 Å². The molecule has 0 aromatic rings. The Kier molecular flexibility index (Phi) is 2.49. The molecule has 1 fully saturated rings. The molecule has 1 aliphatic rings. The third-order valence-corrected chi connectivity index (χ3v) is 2.22. The maximum Gasteiger partial charge on any atom is 0.219 e. The first kappa shape index (κ1) is 8.53. The lowest BCUT2D eigenvalue weighted by Gasteiger charge is -2.36. The molecule has 0 atom stereocenters. The van der Waals surface area contributed by atoms with Crippen LogP contribution in [0.4, 0.5) is 0 Å². The minimum Gasteiger partial charge on any atom is -0.388 e. The summed E-state index contributed by atoms with van der Waals surface area (Å²) in [5, 5.41) is 12.2. The first-order chi connectivity index (χ1) is 5.16. The third-order valence-electron chi connectivity index (χ3n) is 2.22. The highest BCUT2D eigenvalue weighted by Crippen LogP contribution is 2.30. The van der Waals surface area contributed by atoms with Gasteiger partial charge in [0.2, 0.25) is 5.91 Å². The largest absolute Gasteiger partial charge is 0.388 e. The maximum absolute atomic E-state index is 10.8. The standard InChI is InChI=1S/C8H15NO2/c1-2-7(10)9-6-8(11)4-3-5-8/h11H,2-6H2,1H3,(H,9,10). The molecule has 3 nitrogen and oxygen atoms in total. The van der Waals surface area contributed by atoms with E-state index in [1.807, 2.05) is 0 Å². The lowest BCUT2D eigenvalue weighted by atomic mass is 9.80. The average molecular weight is 157 g/mol. The predicted octanol–water partition coefficient (Wildman–Crippen LogP) is 0.428. The number of aliphatic hydroxyl groups is 1. The van der Waals surface area contributed by atoms with Crippen LogP contribution in [0.15, 0.2) is 0 Å². The molecule has 1 saturated carbocycles. The van der Waals surface area contributed by atoms with Gasteiger partial charge in [-0.3, -0.25) is 4.79 Å². The van der Waals surface area contributed by atoms with Crippen molar-refractivity contribution in [2.24, 2.45) is 0 Å². The number of carbonyl (C=O) groups is 1.